The minimum atomic E-state index is 0.700. The van der Waals surface area contributed by atoms with E-state index >= 15 is 0 Å². The van der Waals surface area contributed by atoms with Gasteiger partial charge in [0.1, 0.15) is 5.82 Å². The molecule has 0 radical (unpaired) electrons. The molecule has 0 aliphatic heterocycles. The number of aromatic nitrogens is 3. The molecule has 0 amide bonds. The summed E-state index contributed by atoms with van der Waals surface area (Å²) < 4.78 is 3.85. The monoisotopic (exact) mass is 409 g/mol. The van der Waals surface area contributed by atoms with E-state index < -0.39 is 0 Å². The highest BCUT2D eigenvalue weighted by Gasteiger charge is 2.11. The van der Waals surface area contributed by atoms with Crippen molar-refractivity contribution in [3.8, 4) is 0 Å². The first-order chi connectivity index (χ1) is 10.2. The molecule has 0 unspecified atom stereocenters. The summed E-state index contributed by atoms with van der Waals surface area (Å²) >= 11 is 7.09. The van der Waals surface area contributed by atoms with Gasteiger partial charge in [-0.15, -0.1) is 0 Å². The van der Waals surface area contributed by atoms with Crippen LogP contribution in [0.15, 0.2) is 45.7 Å². The van der Waals surface area contributed by atoms with E-state index in [1.54, 1.807) is 6.20 Å². The van der Waals surface area contributed by atoms with E-state index in [4.69, 9.17) is 0 Å². The molecule has 0 spiro atoms. The second-order valence-corrected chi connectivity index (χ2v) is 6.09. The number of anilines is 3. The number of rotatable bonds is 4. The van der Waals surface area contributed by atoms with Crippen molar-refractivity contribution in [2.75, 3.05) is 17.2 Å². The van der Waals surface area contributed by atoms with E-state index in [2.05, 4.69) is 52.5 Å². The van der Waals surface area contributed by atoms with Gasteiger partial charge in [0.25, 0.3) is 0 Å². The van der Waals surface area contributed by atoms with Crippen LogP contribution in [-0.2, 0) is 0 Å². The fraction of sp³-hybridized carbons (Fsp3) is 0.143. The maximum atomic E-state index is 4.59. The van der Waals surface area contributed by atoms with Gasteiger partial charge in [0.05, 0.1) is 11.9 Å². The summed E-state index contributed by atoms with van der Waals surface area (Å²) in [5.41, 5.74) is 1.70. The van der Waals surface area contributed by atoms with Crippen molar-refractivity contribution in [2.45, 2.75) is 6.92 Å². The maximum Gasteiger partial charge on any atom is 0.180 e. The second kappa shape index (κ2) is 6.03. The van der Waals surface area contributed by atoms with Crippen molar-refractivity contribution in [3.63, 3.8) is 0 Å². The Kier molecular flexibility index (Phi) is 4.12. The second-order valence-electron chi connectivity index (χ2n) is 4.38. The summed E-state index contributed by atoms with van der Waals surface area (Å²) in [6.07, 6.45) is 5.58. The molecule has 2 heterocycles. The lowest BCUT2D eigenvalue weighted by Gasteiger charge is -2.12. The fourth-order valence-corrected chi connectivity index (χ4v) is 3.21. The number of para-hydroxylation sites is 1. The highest BCUT2D eigenvalue weighted by Crippen LogP contribution is 2.33. The van der Waals surface area contributed by atoms with Gasteiger partial charge >= 0.3 is 0 Å². The molecule has 7 heteroatoms. The highest BCUT2D eigenvalue weighted by molar-refractivity contribution is 9.11. The van der Waals surface area contributed by atoms with Gasteiger partial charge < -0.3 is 15.0 Å². The third kappa shape index (κ3) is 2.89. The molecule has 0 atom stereocenters. The Labute approximate surface area is 139 Å². The molecule has 0 saturated carbocycles. The predicted molar refractivity (Wildman–Crippen MR) is 92.3 cm³/mol. The lowest BCUT2D eigenvalue weighted by atomic mass is 10.3. The Morgan fingerprint density at radius 2 is 2.00 bits per heavy atom. The first-order valence-corrected chi connectivity index (χ1v) is 8.06. The Morgan fingerprint density at radius 1 is 1.24 bits per heavy atom. The zero-order valence-electron chi connectivity index (χ0n) is 11.3. The number of imidazole rings is 1. The highest BCUT2D eigenvalue weighted by atomic mass is 79.9. The molecule has 108 valence electrons. The Bertz CT molecular complexity index is 764. The van der Waals surface area contributed by atoms with Gasteiger partial charge in [-0.05, 0) is 50.9 Å². The van der Waals surface area contributed by atoms with Gasteiger partial charge in [-0.2, -0.15) is 0 Å². The normalized spacial score (nSPS) is 10.8. The van der Waals surface area contributed by atoms with Gasteiger partial charge in [0.15, 0.2) is 11.5 Å². The van der Waals surface area contributed by atoms with Gasteiger partial charge in [-0.3, -0.25) is 0 Å². The van der Waals surface area contributed by atoms with Crippen LogP contribution in [0, 0.1) is 0 Å². The largest absolute Gasteiger partial charge is 0.369 e. The molecule has 5 nitrogen and oxygen atoms in total. The molecule has 3 aromatic rings. The number of nitrogens with one attached hydrogen (secondary N) is 2. The molecule has 21 heavy (non-hydrogen) atoms. The van der Waals surface area contributed by atoms with Crippen molar-refractivity contribution in [2.24, 2.45) is 0 Å². The average molecular weight is 411 g/mol. The van der Waals surface area contributed by atoms with E-state index in [9.17, 15) is 0 Å². The zero-order valence-corrected chi connectivity index (χ0v) is 14.4. The molecule has 3 rings (SSSR count). The van der Waals surface area contributed by atoms with Gasteiger partial charge in [0, 0.05) is 27.9 Å². The molecule has 0 aliphatic carbocycles. The van der Waals surface area contributed by atoms with Crippen LogP contribution in [0.5, 0.6) is 0 Å². The van der Waals surface area contributed by atoms with Gasteiger partial charge in [-0.25, -0.2) is 9.97 Å². The minimum Gasteiger partial charge on any atom is -0.369 e. The lowest BCUT2D eigenvalue weighted by molar-refractivity contribution is 1.09. The molecule has 2 aromatic heterocycles. The van der Waals surface area contributed by atoms with E-state index in [1.807, 2.05) is 41.9 Å². The topological polar surface area (TPSA) is 54.2 Å². The van der Waals surface area contributed by atoms with E-state index in [0.717, 1.165) is 32.6 Å². The van der Waals surface area contributed by atoms with Crippen LogP contribution in [0.2, 0.25) is 0 Å². The molecule has 0 aliphatic rings. The maximum absolute atomic E-state index is 4.59. The predicted octanol–water partition coefficient (Wildman–Crippen LogP) is 4.43. The third-order valence-corrected chi connectivity index (χ3v) is 4.26. The summed E-state index contributed by atoms with van der Waals surface area (Å²) in [5, 5.41) is 6.56. The van der Waals surface area contributed by atoms with Crippen LogP contribution >= 0.6 is 31.9 Å². The quantitative estimate of drug-likeness (QED) is 0.667. The Hall–Kier alpha value is -1.60. The third-order valence-electron chi connectivity index (χ3n) is 2.94. The summed E-state index contributed by atoms with van der Waals surface area (Å²) in [7, 11) is 0. The number of hydrogen-bond donors (Lipinski definition) is 2. The Balaban J connectivity index is 2.09. The van der Waals surface area contributed by atoms with E-state index in [1.165, 1.54) is 0 Å². The van der Waals surface area contributed by atoms with Gasteiger partial charge in [-0.1, -0.05) is 6.07 Å². The zero-order chi connectivity index (χ0) is 14.8. The molecule has 0 saturated heterocycles. The van der Waals surface area contributed by atoms with E-state index in [0.29, 0.717) is 5.82 Å². The van der Waals surface area contributed by atoms with Crippen molar-refractivity contribution >= 4 is 54.8 Å². The summed E-state index contributed by atoms with van der Waals surface area (Å²) in [5.74, 6) is 1.50. The average Bonchev–Trinajstić information content (AvgIpc) is 2.92. The lowest BCUT2D eigenvalue weighted by Crippen LogP contribution is -2.05. The van der Waals surface area contributed by atoms with Crippen LogP contribution < -0.4 is 10.6 Å². The minimum absolute atomic E-state index is 0.700. The number of halogens is 2. The fourth-order valence-electron chi connectivity index (χ4n) is 2.02. The van der Waals surface area contributed by atoms with Crippen LogP contribution in [-0.4, -0.2) is 20.9 Å². The first-order valence-electron chi connectivity index (χ1n) is 6.47. The standard InChI is InChI=1S/C14H13Br2N5/c1-2-17-11-8-21-7-6-18-14(21)13(19-11)20-12-9(15)4-3-5-10(12)16/h3-8,17H,2H2,1H3,(H,19,20). The van der Waals surface area contributed by atoms with Crippen LogP contribution in [0.25, 0.3) is 5.65 Å². The first kappa shape index (κ1) is 14.3. The SMILES string of the molecule is CCNc1cn2ccnc2c(Nc2c(Br)cccc2Br)n1. The van der Waals surface area contributed by atoms with Crippen LogP contribution in [0.1, 0.15) is 6.92 Å². The smallest absolute Gasteiger partial charge is 0.180 e. The molecular weight excluding hydrogens is 398 g/mol. The molecule has 2 N–H and O–H groups in total. The molecule has 0 fully saturated rings. The van der Waals surface area contributed by atoms with Gasteiger partial charge in [0.2, 0.25) is 0 Å². The number of hydrogen-bond acceptors (Lipinski definition) is 4. The van der Waals surface area contributed by atoms with Crippen LogP contribution in [0.4, 0.5) is 17.3 Å². The molecular formula is C14H13Br2N5. The molecule has 1 aromatic carbocycles. The van der Waals surface area contributed by atoms with Crippen molar-refractivity contribution in [3.05, 3.63) is 45.7 Å². The summed E-state index contributed by atoms with van der Waals surface area (Å²) in [4.78, 5) is 8.95. The van der Waals surface area contributed by atoms with Crippen molar-refractivity contribution < 1.29 is 0 Å². The van der Waals surface area contributed by atoms with E-state index in [-0.39, 0.29) is 0 Å². The summed E-state index contributed by atoms with van der Waals surface area (Å²) in [6, 6.07) is 5.92. The Morgan fingerprint density at radius 3 is 2.71 bits per heavy atom. The molecule has 0 bridgehead atoms. The van der Waals surface area contributed by atoms with Crippen molar-refractivity contribution in [1.82, 2.24) is 14.4 Å². The number of benzene rings is 1. The number of nitrogens with zero attached hydrogens (tertiary/aromatic N) is 3. The number of fused-ring (bicyclic) bond motifs is 1. The van der Waals surface area contributed by atoms with Crippen molar-refractivity contribution in [1.29, 1.82) is 0 Å². The van der Waals surface area contributed by atoms with Crippen LogP contribution in [0.3, 0.4) is 0 Å². The summed E-state index contributed by atoms with van der Waals surface area (Å²) in [6.45, 7) is 2.85.